The van der Waals surface area contributed by atoms with Gasteiger partial charge in [0.05, 0.1) is 17.0 Å². The fraction of sp³-hybridized carbons (Fsp3) is 0.565. The molecule has 0 aliphatic carbocycles. The van der Waals surface area contributed by atoms with Gasteiger partial charge in [-0.25, -0.2) is 4.79 Å². The molecular formula is C23H32F3NO4. The van der Waals surface area contributed by atoms with Crippen LogP contribution in [0.15, 0.2) is 36.4 Å². The second kappa shape index (κ2) is 10.2. The van der Waals surface area contributed by atoms with Gasteiger partial charge in [-0.05, 0) is 66.2 Å². The van der Waals surface area contributed by atoms with Crippen LogP contribution in [-0.2, 0) is 20.4 Å². The summed E-state index contributed by atoms with van der Waals surface area (Å²) < 4.78 is 49.5. The number of alkyl halides is 3. The average molecular weight is 444 g/mol. The van der Waals surface area contributed by atoms with E-state index in [9.17, 15) is 22.8 Å². The number of amides is 1. The topological polar surface area (TPSA) is 64.6 Å². The van der Waals surface area contributed by atoms with Crippen LogP contribution in [0.2, 0.25) is 0 Å². The second-order valence-corrected chi connectivity index (χ2v) is 9.27. The Bertz CT molecular complexity index is 772. The van der Waals surface area contributed by atoms with Crippen molar-refractivity contribution in [3.63, 3.8) is 0 Å². The van der Waals surface area contributed by atoms with Crippen molar-refractivity contribution in [2.24, 2.45) is 5.41 Å². The Labute approximate surface area is 182 Å². The molecule has 0 heterocycles. The molecule has 174 valence electrons. The van der Waals surface area contributed by atoms with Gasteiger partial charge in [0.15, 0.2) is 0 Å². The van der Waals surface area contributed by atoms with Crippen LogP contribution < -0.4 is 5.32 Å². The molecule has 0 bridgehead atoms. The number of halogens is 3. The van der Waals surface area contributed by atoms with E-state index in [2.05, 4.69) is 5.32 Å². The number of alkyl carbamates (subject to hydrolysis) is 1. The molecule has 0 aromatic heterocycles. The summed E-state index contributed by atoms with van der Waals surface area (Å²) in [5, 5.41) is 2.70. The first-order valence-corrected chi connectivity index (χ1v) is 10.0. The third-order valence-corrected chi connectivity index (χ3v) is 4.16. The summed E-state index contributed by atoms with van der Waals surface area (Å²) in [6, 6.07) is 3.91. The quantitative estimate of drug-likeness (QED) is 0.443. The standard InChI is InChI=1S/C23H32F3NO4/c1-8-9-17(15-10-12-16(13-11-15)23(24,25)26)18(14-30-19(28)21(2,3)4)27-20(29)31-22(5,6)7/h8-13,17-18H,14H2,1-7H3,(H,27,29)/b9-8+/t17-,18+/m1/s1. The molecule has 0 aliphatic heterocycles. The van der Waals surface area contributed by atoms with Crippen molar-refractivity contribution in [1.29, 1.82) is 0 Å². The lowest BCUT2D eigenvalue weighted by Crippen LogP contribution is -2.45. The number of esters is 1. The zero-order valence-electron chi connectivity index (χ0n) is 19.1. The van der Waals surface area contributed by atoms with Crippen LogP contribution in [0.4, 0.5) is 18.0 Å². The Morgan fingerprint density at radius 3 is 2.00 bits per heavy atom. The number of carbonyl (C=O) groups excluding carboxylic acids is 2. The molecule has 0 saturated heterocycles. The van der Waals surface area contributed by atoms with Crippen molar-refractivity contribution in [3.8, 4) is 0 Å². The minimum Gasteiger partial charge on any atom is -0.463 e. The van der Waals surface area contributed by atoms with Gasteiger partial charge in [-0.2, -0.15) is 13.2 Å². The molecule has 1 amide bonds. The molecule has 5 nitrogen and oxygen atoms in total. The summed E-state index contributed by atoms with van der Waals surface area (Å²) in [4.78, 5) is 24.6. The third-order valence-electron chi connectivity index (χ3n) is 4.16. The SMILES string of the molecule is C/C=C/[C@H](c1ccc(C(F)(F)F)cc1)[C@H](COC(=O)C(C)(C)C)NC(=O)OC(C)(C)C. The van der Waals surface area contributed by atoms with Crippen molar-refractivity contribution < 1.29 is 32.2 Å². The number of nitrogens with one attached hydrogen (secondary N) is 1. The van der Waals surface area contributed by atoms with Crippen molar-refractivity contribution in [2.75, 3.05) is 6.61 Å². The van der Waals surface area contributed by atoms with Crippen molar-refractivity contribution >= 4 is 12.1 Å². The normalized spacial score (nSPS) is 14.8. The molecule has 0 fully saturated rings. The van der Waals surface area contributed by atoms with Crippen LogP contribution in [-0.4, -0.2) is 30.3 Å². The molecule has 1 N–H and O–H groups in total. The fourth-order valence-corrected chi connectivity index (χ4v) is 2.66. The molecule has 0 spiro atoms. The number of carbonyl (C=O) groups is 2. The van der Waals surface area contributed by atoms with Crippen LogP contribution in [0.25, 0.3) is 0 Å². The summed E-state index contributed by atoms with van der Waals surface area (Å²) in [5.41, 5.74) is -1.74. The number of benzene rings is 1. The molecular weight excluding hydrogens is 411 g/mol. The van der Waals surface area contributed by atoms with Crippen LogP contribution in [0.3, 0.4) is 0 Å². The lowest BCUT2D eigenvalue weighted by molar-refractivity contribution is -0.153. The second-order valence-electron chi connectivity index (χ2n) is 9.27. The number of hydrogen-bond acceptors (Lipinski definition) is 4. The van der Waals surface area contributed by atoms with Gasteiger partial charge < -0.3 is 14.8 Å². The fourth-order valence-electron chi connectivity index (χ4n) is 2.66. The number of allylic oxidation sites excluding steroid dienone is 1. The van der Waals surface area contributed by atoms with E-state index < -0.39 is 46.8 Å². The van der Waals surface area contributed by atoms with E-state index in [0.29, 0.717) is 5.56 Å². The van der Waals surface area contributed by atoms with Gasteiger partial charge in [0.25, 0.3) is 0 Å². The predicted octanol–water partition coefficient (Wildman–Crippen LogP) is 5.85. The van der Waals surface area contributed by atoms with Crippen molar-refractivity contribution in [3.05, 3.63) is 47.5 Å². The van der Waals surface area contributed by atoms with Crippen LogP contribution >= 0.6 is 0 Å². The Hall–Kier alpha value is -2.51. The highest BCUT2D eigenvalue weighted by Crippen LogP contribution is 2.31. The minimum absolute atomic E-state index is 0.175. The monoisotopic (exact) mass is 443 g/mol. The molecule has 0 saturated carbocycles. The van der Waals surface area contributed by atoms with Gasteiger partial charge in [-0.15, -0.1) is 0 Å². The Kier molecular flexibility index (Phi) is 8.73. The molecule has 0 radical (unpaired) electrons. The maximum Gasteiger partial charge on any atom is 0.416 e. The maximum atomic E-state index is 12.9. The van der Waals surface area contributed by atoms with Crippen LogP contribution in [0, 0.1) is 5.41 Å². The zero-order valence-corrected chi connectivity index (χ0v) is 19.1. The Balaban J connectivity index is 3.22. The van der Waals surface area contributed by atoms with Gasteiger partial charge in [0.1, 0.15) is 12.2 Å². The van der Waals surface area contributed by atoms with E-state index >= 15 is 0 Å². The zero-order chi connectivity index (χ0) is 24.0. The predicted molar refractivity (Wildman–Crippen MR) is 113 cm³/mol. The number of rotatable bonds is 6. The highest BCUT2D eigenvalue weighted by Gasteiger charge is 2.32. The lowest BCUT2D eigenvalue weighted by Gasteiger charge is -2.29. The van der Waals surface area contributed by atoms with E-state index in [4.69, 9.17) is 9.47 Å². The highest BCUT2D eigenvalue weighted by molar-refractivity contribution is 5.75. The lowest BCUT2D eigenvalue weighted by atomic mass is 9.90. The highest BCUT2D eigenvalue weighted by atomic mass is 19.4. The first-order valence-electron chi connectivity index (χ1n) is 10.0. The first-order chi connectivity index (χ1) is 14.0. The summed E-state index contributed by atoms with van der Waals surface area (Å²) in [6.07, 6.45) is -1.72. The van der Waals surface area contributed by atoms with Gasteiger partial charge in [-0.1, -0.05) is 24.3 Å². The summed E-state index contributed by atoms with van der Waals surface area (Å²) in [6.45, 7) is 11.8. The summed E-state index contributed by atoms with van der Waals surface area (Å²) >= 11 is 0. The van der Waals surface area contributed by atoms with Gasteiger partial charge >= 0.3 is 18.2 Å². The van der Waals surface area contributed by atoms with Crippen molar-refractivity contribution in [2.45, 2.75) is 72.2 Å². The van der Waals surface area contributed by atoms with E-state index in [1.807, 2.05) is 0 Å². The van der Waals surface area contributed by atoms with Crippen molar-refractivity contribution in [1.82, 2.24) is 5.32 Å². The van der Waals surface area contributed by atoms with E-state index in [0.717, 1.165) is 12.1 Å². The molecule has 0 aliphatic rings. The maximum absolute atomic E-state index is 12.9. The molecule has 2 atom stereocenters. The molecule has 1 rings (SSSR count). The smallest absolute Gasteiger partial charge is 0.416 e. The van der Waals surface area contributed by atoms with Crippen LogP contribution in [0.1, 0.15) is 65.5 Å². The summed E-state index contributed by atoms with van der Waals surface area (Å²) in [7, 11) is 0. The molecule has 31 heavy (non-hydrogen) atoms. The molecule has 8 heteroatoms. The average Bonchev–Trinajstić information content (AvgIpc) is 2.60. The van der Waals surface area contributed by atoms with E-state index in [-0.39, 0.29) is 6.61 Å². The van der Waals surface area contributed by atoms with Gasteiger partial charge in [0.2, 0.25) is 0 Å². The number of ether oxygens (including phenoxy) is 2. The molecule has 1 aromatic carbocycles. The van der Waals surface area contributed by atoms with E-state index in [1.54, 1.807) is 60.6 Å². The van der Waals surface area contributed by atoms with Gasteiger partial charge in [-0.3, -0.25) is 4.79 Å². The molecule has 1 aromatic rings. The Morgan fingerprint density at radius 2 is 1.58 bits per heavy atom. The Morgan fingerprint density at radius 1 is 1.03 bits per heavy atom. The van der Waals surface area contributed by atoms with Crippen LogP contribution in [0.5, 0.6) is 0 Å². The minimum atomic E-state index is -4.45. The number of hydrogen-bond donors (Lipinski definition) is 1. The third kappa shape index (κ3) is 9.02. The van der Waals surface area contributed by atoms with Gasteiger partial charge in [0, 0.05) is 5.92 Å². The summed E-state index contributed by atoms with van der Waals surface area (Å²) in [5.74, 6) is -1.01. The molecule has 0 unspecified atom stereocenters. The first kappa shape index (κ1) is 26.5. The van der Waals surface area contributed by atoms with E-state index in [1.165, 1.54) is 12.1 Å². The largest absolute Gasteiger partial charge is 0.463 e.